The van der Waals surface area contributed by atoms with E-state index >= 15 is 0 Å². The van der Waals surface area contributed by atoms with E-state index in [2.05, 4.69) is 15.3 Å². The standard InChI is InChI=1S/C16H19FN6O3/c1-9-7-22(8-10(2)26-9)16-20-14(18)13(23(24)25)15(21-16)19-12-5-3-11(17)4-6-12/h3-6,9-10H,7-8H2,1-2H3,(H3,18,19,20,21)/t9-,10-/m0/s1. The van der Waals surface area contributed by atoms with Crippen LogP contribution >= 0.6 is 0 Å². The SMILES string of the molecule is C[C@H]1CN(c2nc(N)c([N+](=O)[O-])c(Nc3ccc(F)cc3)n2)C[C@H](C)O1. The summed E-state index contributed by atoms with van der Waals surface area (Å²) in [6.07, 6.45) is -0.0699. The van der Waals surface area contributed by atoms with E-state index < -0.39 is 16.4 Å². The molecule has 138 valence electrons. The molecule has 2 atom stereocenters. The highest BCUT2D eigenvalue weighted by Gasteiger charge is 2.29. The predicted molar refractivity (Wildman–Crippen MR) is 95.0 cm³/mol. The van der Waals surface area contributed by atoms with Gasteiger partial charge in [0.1, 0.15) is 5.82 Å². The fraction of sp³-hybridized carbons (Fsp3) is 0.375. The predicted octanol–water partition coefficient (Wildman–Crippen LogP) is 2.46. The number of hydrogen-bond acceptors (Lipinski definition) is 8. The minimum Gasteiger partial charge on any atom is -0.378 e. The lowest BCUT2D eigenvalue weighted by atomic mass is 10.2. The molecule has 0 radical (unpaired) electrons. The molecule has 10 heteroatoms. The Morgan fingerprint density at radius 3 is 2.46 bits per heavy atom. The fourth-order valence-electron chi connectivity index (χ4n) is 2.88. The van der Waals surface area contributed by atoms with Crippen molar-refractivity contribution in [3.05, 3.63) is 40.2 Å². The van der Waals surface area contributed by atoms with Gasteiger partial charge >= 0.3 is 5.69 Å². The Morgan fingerprint density at radius 1 is 1.27 bits per heavy atom. The second-order valence-electron chi connectivity index (χ2n) is 6.16. The van der Waals surface area contributed by atoms with E-state index in [1.165, 1.54) is 24.3 Å². The quantitative estimate of drug-likeness (QED) is 0.629. The summed E-state index contributed by atoms with van der Waals surface area (Å²) >= 11 is 0. The van der Waals surface area contributed by atoms with E-state index in [1.807, 2.05) is 18.7 Å². The topological polar surface area (TPSA) is 119 Å². The van der Waals surface area contributed by atoms with Gasteiger partial charge in [-0.15, -0.1) is 0 Å². The third-order valence-corrected chi connectivity index (χ3v) is 3.89. The van der Waals surface area contributed by atoms with Gasteiger partial charge in [-0.3, -0.25) is 10.1 Å². The maximum atomic E-state index is 13.1. The highest BCUT2D eigenvalue weighted by Crippen LogP contribution is 2.32. The second kappa shape index (κ2) is 7.08. The van der Waals surface area contributed by atoms with Crippen LogP contribution in [0.1, 0.15) is 13.8 Å². The van der Waals surface area contributed by atoms with Crippen molar-refractivity contribution in [1.82, 2.24) is 9.97 Å². The van der Waals surface area contributed by atoms with Crippen LogP contribution in [0.15, 0.2) is 24.3 Å². The molecule has 1 saturated heterocycles. The molecule has 2 heterocycles. The van der Waals surface area contributed by atoms with Gasteiger partial charge in [0, 0.05) is 18.8 Å². The number of nitrogens with one attached hydrogen (secondary N) is 1. The van der Waals surface area contributed by atoms with Crippen LogP contribution in [0.3, 0.4) is 0 Å². The number of halogens is 1. The van der Waals surface area contributed by atoms with Gasteiger partial charge in [0.25, 0.3) is 0 Å². The fourth-order valence-corrected chi connectivity index (χ4v) is 2.88. The first-order chi connectivity index (χ1) is 12.3. The third-order valence-electron chi connectivity index (χ3n) is 3.89. The summed E-state index contributed by atoms with van der Waals surface area (Å²) < 4.78 is 18.8. The molecule has 3 N–H and O–H groups in total. The summed E-state index contributed by atoms with van der Waals surface area (Å²) in [4.78, 5) is 21.0. The van der Waals surface area contributed by atoms with E-state index in [1.54, 1.807) is 0 Å². The summed E-state index contributed by atoms with van der Waals surface area (Å²) in [7, 11) is 0. The Kier molecular flexibility index (Phi) is 4.85. The lowest BCUT2D eigenvalue weighted by molar-refractivity contribution is -0.383. The summed E-state index contributed by atoms with van der Waals surface area (Å²) in [6, 6.07) is 5.39. The number of nitrogens with zero attached hydrogens (tertiary/aromatic N) is 4. The van der Waals surface area contributed by atoms with Gasteiger partial charge in [0.15, 0.2) is 0 Å². The Labute approximate surface area is 149 Å². The maximum absolute atomic E-state index is 13.1. The highest BCUT2D eigenvalue weighted by atomic mass is 19.1. The Hall–Kier alpha value is -3.01. The Bertz CT molecular complexity index is 806. The van der Waals surface area contributed by atoms with Crippen molar-refractivity contribution in [2.45, 2.75) is 26.1 Å². The zero-order valence-electron chi connectivity index (χ0n) is 14.3. The molecule has 2 aromatic rings. The number of hydrogen-bond donors (Lipinski definition) is 2. The van der Waals surface area contributed by atoms with Crippen molar-refractivity contribution in [2.24, 2.45) is 0 Å². The Balaban J connectivity index is 1.99. The van der Waals surface area contributed by atoms with Crippen molar-refractivity contribution >= 4 is 29.0 Å². The molecule has 1 aliphatic heterocycles. The second-order valence-corrected chi connectivity index (χ2v) is 6.16. The molecule has 0 spiro atoms. The van der Waals surface area contributed by atoms with Crippen molar-refractivity contribution in [1.29, 1.82) is 0 Å². The number of aromatic nitrogens is 2. The molecule has 1 aromatic carbocycles. The van der Waals surface area contributed by atoms with Gasteiger partial charge in [-0.05, 0) is 38.1 Å². The minimum absolute atomic E-state index is 0.0349. The average molecular weight is 362 g/mol. The van der Waals surface area contributed by atoms with Crippen LogP contribution in [0, 0.1) is 15.9 Å². The number of anilines is 4. The van der Waals surface area contributed by atoms with E-state index in [0.29, 0.717) is 18.8 Å². The number of nitrogens with two attached hydrogens (primary N) is 1. The molecule has 1 aromatic heterocycles. The summed E-state index contributed by atoms with van der Waals surface area (Å²) in [6.45, 7) is 4.93. The van der Waals surface area contributed by atoms with Crippen molar-refractivity contribution in [3.8, 4) is 0 Å². The van der Waals surface area contributed by atoms with Gasteiger partial charge in [-0.2, -0.15) is 9.97 Å². The average Bonchev–Trinajstić information content (AvgIpc) is 2.55. The van der Waals surface area contributed by atoms with Crippen LogP contribution in [-0.2, 0) is 4.74 Å². The number of rotatable bonds is 4. The molecule has 9 nitrogen and oxygen atoms in total. The number of morpholine rings is 1. The molecule has 1 aliphatic rings. The zero-order valence-corrected chi connectivity index (χ0v) is 14.3. The molecule has 0 amide bonds. The Morgan fingerprint density at radius 2 is 1.88 bits per heavy atom. The van der Waals surface area contributed by atoms with Crippen LogP contribution in [0.2, 0.25) is 0 Å². The normalized spacial score (nSPS) is 20.0. The maximum Gasteiger partial charge on any atom is 0.353 e. The number of benzene rings is 1. The van der Waals surface area contributed by atoms with E-state index in [-0.39, 0.29) is 29.8 Å². The molecule has 26 heavy (non-hydrogen) atoms. The van der Waals surface area contributed by atoms with E-state index in [0.717, 1.165) is 0 Å². The van der Waals surface area contributed by atoms with Crippen LogP contribution in [0.4, 0.5) is 33.3 Å². The lowest BCUT2D eigenvalue weighted by Crippen LogP contribution is -2.46. The molecule has 0 saturated carbocycles. The smallest absolute Gasteiger partial charge is 0.353 e. The summed E-state index contributed by atoms with van der Waals surface area (Å²) in [5.41, 5.74) is 5.85. The van der Waals surface area contributed by atoms with Crippen LogP contribution < -0.4 is 16.0 Å². The highest BCUT2D eigenvalue weighted by molar-refractivity contribution is 5.74. The van der Waals surface area contributed by atoms with Crippen LogP contribution in [0.5, 0.6) is 0 Å². The number of nitrogen functional groups attached to an aromatic ring is 1. The van der Waals surface area contributed by atoms with Gasteiger partial charge in [0.2, 0.25) is 17.6 Å². The van der Waals surface area contributed by atoms with E-state index in [9.17, 15) is 14.5 Å². The monoisotopic (exact) mass is 362 g/mol. The number of nitro groups is 1. The first kappa shape index (κ1) is 17.8. The largest absolute Gasteiger partial charge is 0.378 e. The van der Waals surface area contributed by atoms with Gasteiger partial charge in [-0.25, -0.2) is 4.39 Å². The van der Waals surface area contributed by atoms with Gasteiger partial charge in [-0.1, -0.05) is 0 Å². The third kappa shape index (κ3) is 3.80. The molecule has 3 rings (SSSR count). The number of ether oxygens (including phenoxy) is 1. The van der Waals surface area contributed by atoms with Crippen molar-refractivity contribution in [2.75, 3.05) is 29.0 Å². The lowest BCUT2D eigenvalue weighted by Gasteiger charge is -2.35. The molecular weight excluding hydrogens is 343 g/mol. The van der Waals surface area contributed by atoms with Crippen molar-refractivity contribution in [3.63, 3.8) is 0 Å². The first-order valence-corrected chi connectivity index (χ1v) is 8.08. The van der Waals surface area contributed by atoms with E-state index in [4.69, 9.17) is 10.5 Å². The van der Waals surface area contributed by atoms with Gasteiger partial charge < -0.3 is 20.7 Å². The van der Waals surface area contributed by atoms with Gasteiger partial charge in [0.05, 0.1) is 17.1 Å². The molecule has 0 aliphatic carbocycles. The van der Waals surface area contributed by atoms with Crippen LogP contribution in [-0.4, -0.2) is 40.2 Å². The van der Waals surface area contributed by atoms with Crippen LogP contribution in [0.25, 0.3) is 0 Å². The van der Waals surface area contributed by atoms with Crippen molar-refractivity contribution < 1.29 is 14.1 Å². The minimum atomic E-state index is -0.643. The molecule has 1 fully saturated rings. The molecule has 0 unspecified atom stereocenters. The molecule has 0 bridgehead atoms. The molecular formula is C16H19FN6O3. The zero-order chi connectivity index (χ0) is 18.8. The summed E-state index contributed by atoms with van der Waals surface area (Å²) in [5, 5.41) is 14.2. The summed E-state index contributed by atoms with van der Waals surface area (Å²) in [5.74, 6) is -0.420. The first-order valence-electron chi connectivity index (χ1n) is 8.08.